The predicted octanol–water partition coefficient (Wildman–Crippen LogP) is 0.651. The fourth-order valence-electron chi connectivity index (χ4n) is 1.72. The quantitative estimate of drug-likeness (QED) is 0.671. The van der Waals surface area contributed by atoms with E-state index in [1.807, 2.05) is 0 Å². The van der Waals surface area contributed by atoms with Gasteiger partial charge < -0.3 is 10.5 Å². The molecule has 0 amide bonds. The van der Waals surface area contributed by atoms with Crippen molar-refractivity contribution in [1.82, 2.24) is 0 Å². The van der Waals surface area contributed by atoms with Crippen molar-refractivity contribution in [2.45, 2.75) is 37.0 Å². The molecule has 3 unspecified atom stereocenters. The summed E-state index contributed by atoms with van der Waals surface area (Å²) in [5.74, 6) is 0.769. The second kappa shape index (κ2) is 5.73. The largest absolute Gasteiger partial charge is 0.385 e. The molecule has 2 N–H and O–H groups in total. The van der Waals surface area contributed by atoms with Gasteiger partial charge in [0.1, 0.15) is 0 Å². The Morgan fingerprint density at radius 1 is 1.54 bits per heavy atom. The molecule has 1 aliphatic carbocycles. The normalized spacial score (nSPS) is 30.6. The molecule has 13 heavy (non-hydrogen) atoms. The van der Waals surface area contributed by atoms with Crippen LogP contribution in [0.5, 0.6) is 0 Å². The van der Waals surface area contributed by atoms with Gasteiger partial charge in [-0.3, -0.25) is 4.21 Å². The number of methoxy groups -OCH3 is 1. The Hall–Kier alpha value is 0.0700. The Bertz CT molecular complexity index is 175. The standard InChI is InChI=1S/C9H19NO2S/c1-12-5-2-6-13(11)9-4-3-8(10)7-9/h8-9H,2-7,10H2,1H3. The summed E-state index contributed by atoms with van der Waals surface area (Å²) in [5.41, 5.74) is 5.76. The summed E-state index contributed by atoms with van der Waals surface area (Å²) < 4.78 is 16.6. The van der Waals surface area contributed by atoms with Crippen LogP contribution in [0.1, 0.15) is 25.7 Å². The van der Waals surface area contributed by atoms with Crippen molar-refractivity contribution < 1.29 is 8.95 Å². The van der Waals surface area contributed by atoms with E-state index in [9.17, 15) is 4.21 Å². The van der Waals surface area contributed by atoms with Crippen LogP contribution in [0.15, 0.2) is 0 Å². The van der Waals surface area contributed by atoms with Crippen LogP contribution in [0.3, 0.4) is 0 Å². The van der Waals surface area contributed by atoms with Gasteiger partial charge in [-0.1, -0.05) is 0 Å². The van der Waals surface area contributed by atoms with Gasteiger partial charge in [-0.05, 0) is 25.7 Å². The molecule has 0 bridgehead atoms. The molecular weight excluding hydrogens is 186 g/mol. The van der Waals surface area contributed by atoms with Crippen LogP contribution in [-0.2, 0) is 15.5 Å². The van der Waals surface area contributed by atoms with Gasteiger partial charge in [0.05, 0.1) is 0 Å². The SMILES string of the molecule is COCCCS(=O)C1CCC(N)C1. The number of hydrogen-bond donors (Lipinski definition) is 1. The van der Waals surface area contributed by atoms with Crippen molar-refractivity contribution >= 4 is 10.8 Å². The lowest BCUT2D eigenvalue weighted by Crippen LogP contribution is -2.20. The van der Waals surface area contributed by atoms with Crippen molar-refractivity contribution in [3.05, 3.63) is 0 Å². The maximum atomic E-state index is 11.7. The molecule has 3 nitrogen and oxygen atoms in total. The Morgan fingerprint density at radius 3 is 2.85 bits per heavy atom. The van der Waals surface area contributed by atoms with Gasteiger partial charge in [-0.25, -0.2) is 0 Å². The minimum absolute atomic E-state index is 0.288. The van der Waals surface area contributed by atoms with Crippen molar-refractivity contribution in [3.8, 4) is 0 Å². The third-order valence-electron chi connectivity index (χ3n) is 2.49. The molecule has 0 aliphatic heterocycles. The third kappa shape index (κ3) is 3.75. The summed E-state index contributed by atoms with van der Waals surface area (Å²) in [7, 11) is 0.997. The highest BCUT2D eigenvalue weighted by molar-refractivity contribution is 7.85. The molecule has 0 saturated heterocycles. The average molecular weight is 205 g/mol. The van der Waals surface area contributed by atoms with Gasteiger partial charge in [0.15, 0.2) is 0 Å². The van der Waals surface area contributed by atoms with E-state index in [2.05, 4.69) is 0 Å². The molecule has 3 atom stereocenters. The topological polar surface area (TPSA) is 52.3 Å². The lowest BCUT2D eigenvalue weighted by atomic mass is 10.3. The number of rotatable bonds is 5. The minimum Gasteiger partial charge on any atom is -0.385 e. The zero-order chi connectivity index (χ0) is 9.68. The molecule has 0 spiro atoms. The van der Waals surface area contributed by atoms with Crippen molar-refractivity contribution in [1.29, 1.82) is 0 Å². The van der Waals surface area contributed by atoms with Crippen molar-refractivity contribution in [2.75, 3.05) is 19.5 Å². The van der Waals surface area contributed by atoms with Crippen LogP contribution >= 0.6 is 0 Å². The smallest absolute Gasteiger partial charge is 0.0471 e. The van der Waals surface area contributed by atoms with Gasteiger partial charge in [0.25, 0.3) is 0 Å². The van der Waals surface area contributed by atoms with Crippen LogP contribution in [-0.4, -0.2) is 35.0 Å². The molecular formula is C9H19NO2S. The van der Waals surface area contributed by atoms with Crippen molar-refractivity contribution in [3.63, 3.8) is 0 Å². The van der Waals surface area contributed by atoms with Gasteiger partial charge in [0, 0.05) is 41.6 Å². The third-order valence-corrected chi connectivity index (χ3v) is 4.35. The first kappa shape index (κ1) is 11.1. The number of nitrogens with two attached hydrogens (primary N) is 1. The fraction of sp³-hybridized carbons (Fsp3) is 1.00. The predicted molar refractivity (Wildman–Crippen MR) is 55.1 cm³/mol. The first-order valence-corrected chi connectivity index (χ1v) is 6.24. The highest BCUT2D eigenvalue weighted by Crippen LogP contribution is 2.22. The van der Waals surface area contributed by atoms with Crippen LogP contribution in [0, 0.1) is 0 Å². The van der Waals surface area contributed by atoms with E-state index in [-0.39, 0.29) is 6.04 Å². The zero-order valence-electron chi connectivity index (χ0n) is 8.20. The van der Waals surface area contributed by atoms with E-state index in [4.69, 9.17) is 10.5 Å². The molecule has 0 aromatic carbocycles. The lowest BCUT2D eigenvalue weighted by Gasteiger charge is -2.08. The molecule has 1 rings (SSSR count). The summed E-state index contributed by atoms with van der Waals surface area (Å²) in [6.07, 6.45) is 3.93. The number of ether oxygens (including phenoxy) is 1. The maximum Gasteiger partial charge on any atom is 0.0471 e. The van der Waals surface area contributed by atoms with E-state index in [0.29, 0.717) is 11.9 Å². The van der Waals surface area contributed by atoms with E-state index in [1.54, 1.807) is 7.11 Å². The van der Waals surface area contributed by atoms with Crippen molar-refractivity contribution in [2.24, 2.45) is 5.73 Å². The molecule has 78 valence electrons. The summed E-state index contributed by atoms with van der Waals surface area (Å²) >= 11 is 0. The highest BCUT2D eigenvalue weighted by atomic mass is 32.2. The molecule has 4 heteroatoms. The van der Waals surface area contributed by atoms with Gasteiger partial charge in [0.2, 0.25) is 0 Å². The van der Waals surface area contributed by atoms with Crippen LogP contribution in [0.4, 0.5) is 0 Å². The summed E-state index contributed by atoms with van der Waals surface area (Å²) in [6, 6.07) is 0.288. The first-order valence-electron chi connectivity index (χ1n) is 4.85. The molecule has 0 heterocycles. The van der Waals surface area contributed by atoms with Gasteiger partial charge in [-0.2, -0.15) is 0 Å². The molecule has 0 aromatic heterocycles. The maximum absolute atomic E-state index is 11.7. The minimum atomic E-state index is -0.678. The molecule has 1 aliphatic rings. The van der Waals surface area contributed by atoms with Crippen LogP contribution in [0.25, 0.3) is 0 Å². The monoisotopic (exact) mass is 205 g/mol. The summed E-state index contributed by atoms with van der Waals surface area (Å²) in [6.45, 7) is 0.713. The summed E-state index contributed by atoms with van der Waals surface area (Å²) in [5, 5.41) is 0.354. The van der Waals surface area contributed by atoms with E-state index >= 15 is 0 Å². The molecule has 1 fully saturated rings. The summed E-state index contributed by atoms with van der Waals surface area (Å²) in [4.78, 5) is 0. The Morgan fingerprint density at radius 2 is 2.31 bits per heavy atom. The van der Waals surface area contributed by atoms with Crippen LogP contribution < -0.4 is 5.73 Å². The van der Waals surface area contributed by atoms with E-state index in [1.165, 1.54) is 0 Å². The fourth-order valence-corrected chi connectivity index (χ4v) is 3.32. The van der Waals surface area contributed by atoms with E-state index < -0.39 is 10.8 Å². The van der Waals surface area contributed by atoms with Gasteiger partial charge >= 0.3 is 0 Å². The Balaban J connectivity index is 2.16. The second-order valence-electron chi connectivity index (χ2n) is 3.63. The lowest BCUT2D eigenvalue weighted by molar-refractivity contribution is 0.200. The van der Waals surface area contributed by atoms with Gasteiger partial charge in [-0.15, -0.1) is 0 Å². The van der Waals surface area contributed by atoms with Crippen LogP contribution in [0.2, 0.25) is 0 Å². The highest BCUT2D eigenvalue weighted by Gasteiger charge is 2.25. The number of hydrogen-bond acceptors (Lipinski definition) is 3. The zero-order valence-corrected chi connectivity index (χ0v) is 9.02. The second-order valence-corrected chi connectivity index (χ2v) is 5.46. The molecule has 1 saturated carbocycles. The molecule has 0 radical (unpaired) electrons. The first-order chi connectivity index (χ1) is 6.24. The Kier molecular flexibility index (Phi) is 4.91. The Labute approximate surface area is 82.5 Å². The molecule has 0 aromatic rings. The van der Waals surface area contributed by atoms with E-state index in [0.717, 1.165) is 31.4 Å². The average Bonchev–Trinajstić information content (AvgIpc) is 2.52.